The maximum Gasteiger partial charge on any atom is 0.133 e. The molecule has 0 spiro atoms. The molecule has 1 atom stereocenters. The number of hydrogen-bond donors (Lipinski definition) is 1. The van der Waals surface area contributed by atoms with E-state index in [1.54, 1.807) is 0 Å². The van der Waals surface area contributed by atoms with E-state index in [2.05, 4.69) is 36.1 Å². The van der Waals surface area contributed by atoms with Gasteiger partial charge in [0.1, 0.15) is 11.6 Å². The maximum absolute atomic E-state index is 4.56. The second kappa shape index (κ2) is 5.03. The quantitative estimate of drug-likeness (QED) is 0.847. The fourth-order valence-electron chi connectivity index (χ4n) is 2.04. The monoisotopic (exact) mass is 233 g/mol. The molecule has 2 rings (SSSR count). The lowest BCUT2D eigenvalue weighted by Gasteiger charge is -2.13. The zero-order valence-electron chi connectivity index (χ0n) is 11.3. The van der Waals surface area contributed by atoms with Crippen LogP contribution in [-0.4, -0.2) is 16.5 Å². The normalized spacial score (nSPS) is 17.2. The van der Waals surface area contributed by atoms with Gasteiger partial charge in [0.15, 0.2) is 0 Å². The molecule has 0 saturated heterocycles. The second-order valence-corrected chi connectivity index (χ2v) is 5.60. The minimum atomic E-state index is 0.385. The van der Waals surface area contributed by atoms with Gasteiger partial charge in [0, 0.05) is 24.2 Å². The Morgan fingerprint density at radius 1 is 1.29 bits per heavy atom. The van der Waals surface area contributed by atoms with Gasteiger partial charge in [0.05, 0.1) is 0 Å². The van der Waals surface area contributed by atoms with Crippen LogP contribution in [-0.2, 0) is 0 Å². The van der Waals surface area contributed by atoms with Gasteiger partial charge in [-0.3, -0.25) is 0 Å². The average Bonchev–Trinajstić information content (AvgIpc) is 3.08. The third-order valence-electron chi connectivity index (χ3n) is 3.42. The number of aromatic nitrogens is 2. The molecular weight excluding hydrogens is 210 g/mol. The van der Waals surface area contributed by atoms with Gasteiger partial charge >= 0.3 is 0 Å². The van der Waals surface area contributed by atoms with Gasteiger partial charge in [-0.05, 0) is 31.6 Å². The van der Waals surface area contributed by atoms with E-state index in [1.165, 1.54) is 12.8 Å². The van der Waals surface area contributed by atoms with Gasteiger partial charge in [-0.25, -0.2) is 9.97 Å². The first-order chi connectivity index (χ1) is 8.06. The third kappa shape index (κ3) is 3.42. The summed E-state index contributed by atoms with van der Waals surface area (Å²) in [7, 11) is 0. The van der Waals surface area contributed by atoms with Crippen LogP contribution in [0.15, 0.2) is 6.07 Å². The van der Waals surface area contributed by atoms with Crippen LogP contribution < -0.4 is 5.32 Å². The molecule has 94 valence electrons. The molecular formula is C14H23N3. The summed E-state index contributed by atoms with van der Waals surface area (Å²) < 4.78 is 0. The third-order valence-corrected chi connectivity index (χ3v) is 3.42. The van der Waals surface area contributed by atoms with E-state index < -0.39 is 0 Å². The maximum atomic E-state index is 4.56. The molecule has 3 heteroatoms. The van der Waals surface area contributed by atoms with Crippen LogP contribution in [0, 0.1) is 18.8 Å². The van der Waals surface area contributed by atoms with Crippen molar-refractivity contribution in [2.75, 3.05) is 11.9 Å². The van der Waals surface area contributed by atoms with Gasteiger partial charge in [0.2, 0.25) is 0 Å². The van der Waals surface area contributed by atoms with E-state index in [0.29, 0.717) is 5.92 Å². The molecule has 1 aromatic rings. The van der Waals surface area contributed by atoms with E-state index in [0.717, 1.165) is 35.7 Å². The molecule has 1 aliphatic carbocycles. The van der Waals surface area contributed by atoms with E-state index in [4.69, 9.17) is 0 Å². The molecule has 1 heterocycles. The Morgan fingerprint density at radius 3 is 2.59 bits per heavy atom. The van der Waals surface area contributed by atoms with Crippen LogP contribution in [0.3, 0.4) is 0 Å². The highest BCUT2D eigenvalue weighted by atomic mass is 15.0. The molecule has 1 aromatic heterocycles. The summed E-state index contributed by atoms with van der Waals surface area (Å²) in [5, 5.41) is 3.45. The van der Waals surface area contributed by atoms with Crippen molar-refractivity contribution in [3.8, 4) is 0 Å². The second-order valence-electron chi connectivity index (χ2n) is 5.60. The molecule has 0 amide bonds. The SMILES string of the molecule is Cc1cc(NCC(C)C2CC2)nc(C(C)C)n1. The predicted molar refractivity (Wildman–Crippen MR) is 71.2 cm³/mol. The number of nitrogens with one attached hydrogen (secondary N) is 1. The Bertz CT molecular complexity index is 383. The highest BCUT2D eigenvalue weighted by Crippen LogP contribution is 2.36. The van der Waals surface area contributed by atoms with Gasteiger partial charge < -0.3 is 5.32 Å². The number of rotatable bonds is 5. The van der Waals surface area contributed by atoms with E-state index in [-0.39, 0.29) is 0 Å². The molecule has 0 bridgehead atoms. The first-order valence-corrected chi connectivity index (χ1v) is 6.65. The molecule has 0 radical (unpaired) electrons. The topological polar surface area (TPSA) is 37.8 Å². The van der Waals surface area contributed by atoms with Crippen LogP contribution in [0.25, 0.3) is 0 Å². The van der Waals surface area contributed by atoms with Gasteiger partial charge in [-0.15, -0.1) is 0 Å². The Labute approximate surface area is 104 Å². The van der Waals surface area contributed by atoms with Gasteiger partial charge in [0.25, 0.3) is 0 Å². The fourth-order valence-corrected chi connectivity index (χ4v) is 2.04. The zero-order valence-corrected chi connectivity index (χ0v) is 11.3. The van der Waals surface area contributed by atoms with E-state index in [1.807, 2.05) is 13.0 Å². The van der Waals surface area contributed by atoms with Crippen molar-refractivity contribution in [1.82, 2.24) is 9.97 Å². The van der Waals surface area contributed by atoms with Crippen molar-refractivity contribution in [1.29, 1.82) is 0 Å². The molecule has 3 nitrogen and oxygen atoms in total. The Hall–Kier alpha value is -1.12. The van der Waals surface area contributed by atoms with Crippen LogP contribution in [0.5, 0.6) is 0 Å². The largest absolute Gasteiger partial charge is 0.370 e. The summed E-state index contributed by atoms with van der Waals surface area (Å²) in [5.74, 6) is 4.00. The summed E-state index contributed by atoms with van der Waals surface area (Å²) in [6.45, 7) is 9.64. The summed E-state index contributed by atoms with van der Waals surface area (Å²) in [4.78, 5) is 9.02. The summed E-state index contributed by atoms with van der Waals surface area (Å²) >= 11 is 0. The molecule has 1 N–H and O–H groups in total. The first-order valence-electron chi connectivity index (χ1n) is 6.65. The van der Waals surface area contributed by atoms with Crippen molar-refractivity contribution >= 4 is 5.82 Å². The number of anilines is 1. The van der Waals surface area contributed by atoms with E-state index in [9.17, 15) is 0 Å². The minimum Gasteiger partial charge on any atom is -0.370 e. The lowest BCUT2D eigenvalue weighted by atomic mass is 10.1. The van der Waals surface area contributed by atoms with Crippen LogP contribution >= 0.6 is 0 Å². The van der Waals surface area contributed by atoms with Gasteiger partial charge in [-0.1, -0.05) is 20.8 Å². The van der Waals surface area contributed by atoms with Crippen molar-refractivity contribution in [2.24, 2.45) is 11.8 Å². The molecule has 0 aliphatic heterocycles. The van der Waals surface area contributed by atoms with Gasteiger partial charge in [-0.2, -0.15) is 0 Å². The minimum absolute atomic E-state index is 0.385. The zero-order chi connectivity index (χ0) is 12.4. The lowest BCUT2D eigenvalue weighted by molar-refractivity contribution is 0.535. The Balaban J connectivity index is 1.99. The first kappa shape index (κ1) is 12.3. The number of nitrogens with zero attached hydrogens (tertiary/aromatic N) is 2. The van der Waals surface area contributed by atoms with Crippen molar-refractivity contribution in [3.05, 3.63) is 17.6 Å². The van der Waals surface area contributed by atoms with Crippen molar-refractivity contribution in [3.63, 3.8) is 0 Å². The molecule has 1 aliphatic rings. The summed E-state index contributed by atoms with van der Waals surface area (Å²) in [5.41, 5.74) is 1.05. The van der Waals surface area contributed by atoms with Crippen LogP contribution in [0.1, 0.15) is 51.0 Å². The number of hydrogen-bond acceptors (Lipinski definition) is 3. The highest BCUT2D eigenvalue weighted by Gasteiger charge is 2.27. The summed E-state index contributed by atoms with van der Waals surface area (Å²) in [6.07, 6.45) is 2.81. The lowest BCUT2D eigenvalue weighted by Crippen LogP contribution is -2.15. The van der Waals surface area contributed by atoms with E-state index >= 15 is 0 Å². The standard InChI is InChI=1S/C14H23N3/c1-9(2)14-16-11(4)7-13(17-14)15-8-10(3)12-5-6-12/h7,9-10,12H,5-6,8H2,1-4H3,(H,15,16,17). The Kier molecular flexibility index (Phi) is 3.65. The Morgan fingerprint density at radius 2 is 2.00 bits per heavy atom. The average molecular weight is 233 g/mol. The van der Waals surface area contributed by atoms with Crippen LogP contribution in [0.2, 0.25) is 0 Å². The molecule has 1 unspecified atom stereocenters. The number of aryl methyl sites for hydroxylation is 1. The predicted octanol–water partition coefficient (Wildman–Crippen LogP) is 3.37. The molecule has 0 aromatic carbocycles. The van der Waals surface area contributed by atoms with Crippen LogP contribution in [0.4, 0.5) is 5.82 Å². The fraction of sp³-hybridized carbons (Fsp3) is 0.714. The van der Waals surface area contributed by atoms with Crippen molar-refractivity contribution in [2.45, 2.75) is 46.5 Å². The molecule has 17 heavy (non-hydrogen) atoms. The smallest absolute Gasteiger partial charge is 0.133 e. The van der Waals surface area contributed by atoms with Crippen molar-refractivity contribution < 1.29 is 0 Å². The highest BCUT2D eigenvalue weighted by molar-refractivity contribution is 5.36. The summed E-state index contributed by atoms with van der Waals surface area (Å²) in [6, 6.07) is 2.03. The molecule has 1 fully saturated rings. The molecule has 1 saturated carbocycles.